The monoisotopic (exact) mass is 398 g/mol. The molecular formula is C22H23FN2O4. The molecule has 0 aliphatic heterocycles. The van der Waals surface area contributed by atoms with E-state index in [9.17, 15) is 23.9 Å². The van der Waals surface area contributed by atoms with E-state index < -0.39 is 29.6 Å². The zero-order valence-corrected chi connectivity index (χ0v) is 16.2. The minimum atomic E-state index is -1.16. The van der Waals surface area contributed by atoms with Crippen molar-refractivity contribution in [3.63, 3.8) is 0 Å². The Hall–Kier alpha value is -3.48. The van der Waals surface area contributed by atoms with Crippen molar-refractivity contribution in [2.45, 2.75) is 26.3 Å². The van der Waals surface area contributed by atoms with E-state index in [2.05, 4.69) is 10.6 Å². The number of carbonyl (C=O) groups excluding carboxylic acids is 2. The molecule has 0 aromatic heterocycles. The summed E-state index contributed by atoms with van der Waals surface area (Å²) in [5.41, 5.74) is 0.670. The predicted molar refractivity (Wildman–Crippen MR) is 107 cm³/mol. The van der Waals surface area contributed by atoms with Gasteiger partial charge < -0.3 is 15.7 Å². The van der Waals surface area contributed by atoms with E-state index in [-0.39, 0.29) is 18.0 Å². The fourth-order valence-corrected chi connectivity index (χ4v) is 2.60. The second-order valence-electron chi connectivity index (χ2n) is 6.92. The van der Waals surface area contributed by atoms with Crippen LogP contribution in [0.3, 0.4) is 0 Å². The van der Waals surface area contributed by atoms with Gasteiger partial charge in [0.25, 0.3) is 11.8 Å². The third kappa shape index (κ3) is 6.88. The van der Waals surface area contributed by atoms with Crippen molar-refractivity contribution < 1.29 is 23.9 Å². The fraction of sp³-hybridized carbons (Fsp3) is 0.227. The molecule has 2 rings (SSSR count). The fourth-order valence-electron chi connectivity index (χ4n) is 2.60. The van der Waals surface area contributed by atoms with Crippen LogP contribution in [-0.4, -0.2) is 28.9 Å². The van der Waals surface area contributed by atoms with E-state index >= 15 is 0 Å². The smallest absolute Gasteiger partial charge is 0.326 e. The predicted octanol–water partition coefficient (Wildman–Crippen LogP) is 3.21. The van der Waals surface area contributed by atoms with E-state index in [4.69, 9.17) is 0 Å². The minimum Gasteiger partial charge on any atom is -0.480 e. The normalized spacial score (nSPS) is 12.3. The van der Waals surface area contributed by atoms with Gasteiger partial charge in [0.05, 0.1) is 0 Å². The quantitative estimate of drug-likeness (QED) is 0.595. The van der Waals surface area contributed by atoms with Gasteiger partial charge in [-0.1, -0.05) is 44.2 Å². The van der Waals surface area contributed by atoms with Crippen LogP contribution < -0.4 is 10.6 Å². The summed E-state index contributed by atoms with van der Waals surface area (Å²) in [6.07, 6.45) is 1.60. The van der Waals surface area contributed by atoms with Gasteiger partial charge in [-0.2, -0.15) is 0 Å². The number of aliphatic carboxylic acids is 1. The lowest BCUT2D eigenvalue weighted by molar-refractivity contribution is -0.141. The molecule has 152 valence electrons. The van der Waals surface area contributed by atoms with Crippen molar-refractivity contribution in [3.05, 3.63) is 77.2 Å². The molecular weight excluding hydrogens is 375 g/mol. The molecule has 29 heavy (non-hydrogen) atoms. The summed E-state index contributed by atoms with van der Waals surface area (Å²) >= 11 is 0. The van der Waals surface area contributed by atoms with E-state index in [1.165, 1.54) is 30.3 Å². The van der Waals surface area contributed by atoms with Gasteiger partial charge in [-0.15, -0.1) is 0 Å². The second kappa shape index (κ2) is 10.2. The Labute approximate surface area is 168 Å². The number of hydrogen-bond acceptors (Lipinski definition) is 3. The van der Waals surface area contributed by atoms with Crippen molar-refractivity contribution in [1.82, 2.24) is 10.6 Å². The Morgan fingerprint density at radius 1 is 1.03 bits per heavy atom. The molecule has 0 radical (unpaired) electrons. The SMILES string of the molecule is CC(C)CC(NC(=O)/C(=C/c1ccc(F)cc1)NC(=O)c1ccccc1)C(=O)O. The average Bonchev–Trinajstić information content (AvgIpc) is 2.68. The third-order valence-corrected chi connectivity index (χ3v) is 4.02. The number of halogens is 1. The third-order valence-electron chi connectivity index (χ3n) is 4.02. The summed E-state index contributed by atoms with van der Waals surface area (Å²) in [5, 5.41) is 14.3. The van der Waals surface area contributed by atoms with Crippen molar-refractivity contribution in [1.29, 1.82) is 0 Å². The molecule has 0 heterocycles. The van der Waals surface area contributed by atoms with Gasteiger partial charge in [-0.05, 0) is 48.2 Å². The average molecular weight is 398 g/mol. The molecule has 1 atom stereocenters. The molecule has 0 saturated carbocycles. The number of benzene rings is 2. The number of hydrogen-bond donors (Lipinski definition) is 3. The lowest BCUT2D eigenvalue weighted by Gasteiger charge is -2.18. The first-order chi connectivity index (χ1) is 13.8. The zero-order valence-electron chi connectivity index (χ0n) is 16.2. The summed E-state index contributed by atoms with van der Waals surface area (Å²) in [6.45, 7) is 3.68. The van der Waals surface area contributed by atoms with Crippen LogP contribution in [-0.2, 0) is 9.59 Å². The number of carboxylic acids is 1. The van der Waals surface area contributed by atoms with E-state index in [1.54, 1.807) is 30.3 Å². The van der Waals surface area contributed by atoms with Gasteiger partial charge in [0.15, 0.2) is 0 Å². The Kier molecular flexibility index (Phi) is 7.65. The zero-order chi connectivity index (χ0) is 21.4. The maximum Gasteiger partial charge on any atom is 0.326 e. The maximum atomic E-state index is 13.2. The Balaban J connectivity index is 2.30. The number of rotatable bonds is 8. The number of nitrogens with one attached hydrogen (secondary N) is 2. The first-order valence-corrected chi connectivity index (χ1v) is 9.13. The second-order valence-corrected chi connectivity index (χ2v) is 6.92. The highest BCUT2D eigenvalue weighted by Gasteiger charge is 2.24. The molecule has 0 aliphatic rings. The van der Waals surface area contributed by atoms with Gasteiger partial charge in [0, 0.05) is 5.56 Å². The first kappa shape index (κ1) is 21.8. The number of carbonyl (C=O) groups is 3. The Morgan fingerprint density at radius 2 is 1.66 bits per heavy atom. The molecule has 2 amide bonds. The summed E-state index contributed by atoms with van der Waals surface area (Å²) in [6, 6.07) is 12.5. The van der Waals surface area contributed by atoms with Crippen LogP contribution in [0.5, 0.6) is 0 Å². The molecule has 0 bridgehead atoms. The summed E-state index contributed by atoms with van der Waals surface area (Å²) in [4.78, 5) is 36.7. The lowest BCUT2D eigenvalue weighted by Crippen LogP contribution is -2.45. The lowest BCUT2D eigenvalue weighted by atomic mass is 10.0. The summed E-state index contributed by atoms with van der Waals surface area (Å²) in [7, 11) is 0. The Morgan fingerprint density at radius 3 is 2.21 bits per heavy atom. The highest BCUT2D eigenvalue weighted by atomic mass is 19.1. The molecule has 2 aromatic carbocycles. The van der Waals surface area contributed by atoms with Gasteiger partial charge >= 0.3 is 5.97 Å². The molecule has 0 spiro atoms. The highest BCUT2D eigenvalue weighted by molar-refractivity contribution is 6.06. The van der Waals surface area contributed by atoms with Crippen LogP contribution in [0.4, 0.5) is 4.39 Å². The summed E-state index contributed by atoms with van der Waals surface area (Å²) < 4.78 is 13.2. The van der Waals surface area contributed by atoms with Crippen LogP contribution in [0, 0.1) is 11.7 Å². The van der Waals surface area contributed by atoms with Gasteiger partial charge in [0.1, 0.15) is 17.6 Å². The molecule has 1 unspecified atom stereocenters. The molecule has 2 aromatic rings. The maximum absolute atomic E-state index is 13.2. The topological polar surface area (TPSA) is 95.5 Å². The van der Waals surface area contributed by atoms with Crippen LogP contribution in [0.2, 0.25) is 0 Å². The van der Waals surface area contributed by atoms with Crippen molar-refractivity contribution in [2.75, 3.05) is 0 Å². The van der Waals surface area contributed by atoms with E-state index in [0.29, 0.717) is 11.1 Å². The highest BCUT2D eigenvalue weighted by Crippen LogP contribution is 2.11. The van der Waals surface area contributed by atoms with E-state index in [0.717, 1.165) is 0 Å². The minimum absolute atomic E-state index is 0.0415. The molecule has 6 nitrogen and oxygen atoms in total. The Bertz CT molecular complexity index is 893. The molecule has 0 aliphatic carbocycles. The van der Waals surface area contributed by atoms with Gasteiger partial charge in [-0.3, -0.25) is 9.59 Å². The van der Waals surface area contributed by atoms with Crippen LogP contribution in [0.15, 0.2) is 60.3 Å². The van der Waals surface area contributed by atoms with Gasteiger partial charge in [0.2, 0.25) is 0 Å². The van der Waals surface area contributed by atoms with Crippen LogP contribution in [0.25, 0.3) is 6.08 Å². The van der Waals surface area contributed by atoms with Crippen LogP contribution in [0.1, 0.15) is 36.2 Å². The number of carboxylic acid groups (broad SMARTS) is 1. The first-order valence-electron chi connectivity index (χ1n) is 9.13. The van der Waals surface area contributed by atoms with Crippen molar-refractivity contribution in [3.8, 4) is 0 Å². The van der Waals surface area contributed by atoms with Crippen LogP contribution >= 0.6 is 0 Å². The van der Waals surface area contributed by atoms with Gasteiger partial charge in [-0.25, -0.2) is 9.18 Å². The largest absolute Gasteiger partial charge is 0.480 e. The number of amides is 2. The summed E-state index contributed by atoms with van der Waals surface area (Å²) in [5.74, 6) is -2.83. The molecule has 7 heteroatoms. The van der Waals surface area contributed by atoms with Crippen molar-refractivity contribution in [2.24, 2.45) is 5.92 Å². The standard InChI is InChI=1S/C22H23FN2O4/c1-14(2)12-19(22(28)29)25-21(27)18(13-15-8-10-17(23)11-9-15)24-20(26)16-6-4-3-5-7-16/h3-11,13-14,19H,12H2,1-2H3,(H,24,26)(H,25,27)(H,28,29)/b18-13-. The molecule has 0 saturated heterocycles. The molecule has 0 fully saturated rings. The van der Waals surface area contributed by atoms with E-state index in [1.807, 2.05) is 13.8 Å². The molecule has 3 N–H and O–H groups in total. The van der Waals surface area contributed by atoms with Crippen molar-refractivity contribution >= 4 is 23.9 Å².